The maximum atomic E-state index is 5.78. The van der Waals surface area contributed by atoms with Crippen molar-refractivity contribution in [2.75, 3.05) is 11.1 Å². The largest absolute Gasteiger partial charge is 0.368 e. The molecule has 0 saturated heterocycles. The van der Waals surface area contributed by atoms with E-state index >= 15 is 0 Å². The van der Waals surface area contributed by atoms with E-state index in [-0.39, 0.29) is 5.95 Å². The molecule has 1 aromatic rings. The number of rotatable bonds is 4. The molecule has 5 heteroatoms. The van der Waals surface area contributed by atoms with E-state index in [9.17, 15) is 0 Å². The second kappa shape index (κ2) is 4.23. The summed E-state index contributed by atoms with van der Waals surface area (Å²) in [4.78, 5) is 7.89. The molecule has 2 unspecified atom stereocenters. The first-order valence-corrected chi connectivity index (χ1v) is 5.63. The Bertz CT molecular complexity index is 335. The molecule has 2 rings (SSSR count). The quantitative estimate of drug-likeness (QED) is 0.774. The van der Waals surface area contributed by atoms with Crippen molar-refractivity contribution < 1.29 is 0 Å². The van der Waals surface area contributed by atoms with E-state index in [2.05, 4.69) is 22.2 Å². The third-order valence-electron chi connectivity index (χ3n) is 2.63. The molecular weight excluding hydrogens is 212 g/mol. The van der Waals surface area contributed by atoms with E-state index in [0.717, 1.165) is 11.7 Å². The molecule has 2 atom stereocenters. The molecule has 0 aliphatic heterocycles. The van der Waals surface area contributed by atoms with E-state index < -0.39 is 0 Å². The molecule has 1 heterocycles. The molecule has 1 fully saturated rings. The minimum atomic E-state index is 0.220. The van der Waals surface area contributed by atoms with E-state index in [1.807, 2.05) is 0 Å². The average Bonchev–Trinajstić information content (AvgIpc) is 2.82. The number of hydrogen-bond donors (Lipinski definition) is 2. The van der Waals surface area contributed by atoms with Crippen LogP contribution in [0.4, 0.5) is 11.8 Å². The summed E-state index contributed by atoms with van der Waals surface area (Å²) < 4.78 is 0. The number of anilines is 2. The number of nitrogens with two attached hydrogens (primary N) is 1. The normalized spacial score (nSPS) is 23.9. The highest BCUT2D eigenvalue weighted by Gasteiger charge is 2.36. The third-order valence-corrected chi connectivity index (χ3v) is 2.82. The second-order valence-corrected chi connectivity index (χ2v) is 4.36. The zero-order chi connectivity index (χ0) is 10.8. The summed E-state index contributed by atoms with van der Waals surface area (Å²) in [5.41, 5.74) is 5.50. The molecule has 0 amide bonds. The molecule has 1 saturated carbocycles. The van der Waals surface area contributed by atoms with E-state index in [1.165, 1.54) is 19.3 Å². The predicted molar refractivity (Wildman–Crippen MR) is 61.9 cm³/mol. The highest BCUT2D eigenvalue weighted by Crippen LogP contribution is 2.37. The molecule has 1 aliphatic rings. The Morgan fingerprint density at radius 3 is 3.07 bits per heavy atom. The van der Waals surface area contributed by atoms with Gasteiger partial charge in [-0.05, 0) is 18.8 Å². The van der Waals surface area contributed by atoms with Crippen LogP contribution in [0.1, 0.15) is 26.2 Å². The van der Waals surface area contributed by atoms with Crippen LogP contribution in [-0.2, 0) is 0 Å². The van der Waals surface area contributed by atoms with Crippen LogP contribution in [0.3, 0.4) is 0 Å². The lowest BCUT2D eigenvalue weighted by molar-refractivity contribution is 0.692. The van der Waals surface area contributed by atoms with Gasteiger partial charge in [0.25, 0.3) is 0 Å². The Labute approximate surface area is 94.2 Å². The summed E-state index contributed by atoms with van der Waals surface area (Å²) in [6, 6.07) is 2.24. The number of nitrogens with zero attached hydrogens (tertiary/aromatic N) is 2. The third kappa shape index (κ3) is 2.72. The van der Waals surface area contributed by atoms with Gasteiger partial charge in [-0.15, -0.1) is 0 Å². The second-order valence-electron chi connectivity index (χ2n) is 3.97. The fourth-order valence-corrected chi connectivity index (χ4v) is 2.00. The molecule has 1 aliphatic carbocycles. The highest BCUT2D eigenvalue weighted by molar-refractivity contribution is 6.29. The Morgan fingerprint density at radius 1 is 1.60 bits per heavy atom. The van der Waals surface area contributed by atoms with Crippen molar-refractivity contribution in [2.24, 2.45) is 5.92 Å². The Hall–Kier alpha value is -1.03. The molecule has 0 aromatic carbocycles. The van der Waals surface area contributed by atoms with Crippen molar-refractivity contribution >= 4 is 23.4 Å². The van der Waals surface area contributed by atoms with Gasteiger partial charge in [-0.2, -0.15) is 4.98 Å². The van der Waals surface area contributed by atoms with Crippen LogP contribution in [0.2, 0.25) is 5.15 Å². The van der Waals surface area contributed by atoms with Gasteiger partial charge >= 0.3 is 0 Å². The van der Waals surface area contributed by atoms with Crippen molar-refractivity contribution in [3.63, 3.8) is 0 Å². The van der Waals surface area contributed by atoms with Gasteiger partial charge < -0.3 is 11.1 Å². The van der Waals surface area contributed by atoms with Gasteiger partial charge in [0.2, 0.25) is 5.95 Å². The van der Waals surface area contributed by atoms with Crippen LogP contribution in [0, 0.1) is 5.92 Å². The topological polar surface area (TPSA) is 63.8 Å². The fraction of sp³-hybridized carbons (Fsp3) is 0.600. The molecule has 15 heavy (non-hydrogen) atoms. The predicted octanol–water partition coefficient (Wildman–Crippen LogP) is 2.31. The SMILES string of the molecule is CCCC1CC1Nc1cc(Cl)nc(N)n1. The summed E-state index contributed by atoms with van der Waals surface area (Å²) >= 11 is 5.78. The van der Waals surface area contributed by atoms with Crippen molar-refractivity contribution in [3.8, 4) is 0 Å². The van der Waals surface area contributed by atoms with Crippen LogP contribution in [0.15, 0.2) is 6.07 Å². The first-order chi connectivity index (χ1) is 7.19. The van der Waals surface area contributed by atoms with Crippen molar-refractivity contribution in [1.82, 2.24) is 9.97 Å². The lowest BCUT2D eigenvalue weighted by Crippen LogP contribution is -2.08. The van der Waals surface area contributed by atoms with Gasteiger partial charge in [-0.3, -0.25) is 0 Å². The van der Waals surface area contributed by atoms with Gasteiger partial charge in [-0.25, -0.2) is 4.98 Å². The molecule has 3 N–H and O–H groups in total. The van der Waals surface area contributed by atoms with Crippen molar-refractivity contribution in [1.29, 1.82) is 0 Å². The molecule has 0 radical (unpaired) electrons. The maximum absolute atomic E-state index is 5.78. The Morgan fingerprint density at radius 2 is 2.40 bits per heavy atom. The molecule has 82 valence electrons. The zero-order valence-corrected chi connectivity index (χ0v) is 9.46. The Balaban J connectivity index is 1.94. The molecule has 0 spiro atoms. The molecular formula is C10H15ClN4. The van der Waals surface area contributed by atoms with Gasteiger partial charge in [0.1, 0.15) is 11.0 Å². The van der Waals surface area contributed by atoms with Crippen molar-refractivity contribution in [3.05, 3.63) is 11.2 Å². The first-order valence-electron chi connectivity index (χ1n) is 5.25. The van der Waals surface area contributed by atoms with Crippen LogP contribution >= 0.6 is 11.6 Å². The van der Waals surface area contributed by atoms with Crippen LogP contribution < -0.4 is 11.1 Å². The van der Waals surface area contributed by atoms with Gasteiger partial charge in [-0.1, -0.05) is 24.9 Å². The lowest BCUT2D eigenvalue weighted by Gasteiger charge is -2.05. The van der Waals surface area contributed by atoms with Crippen molar-refractivity contribution in [2.45, 2.75) is 32.2 Å². The summed E-state index contributed by atoms with van der Waals surface area (Å²) in [5.74, 6) is 1.73. The van der Waals surface area contributed by atoms with E-state index in [0.29, 0.717) is 11.2 Å². The maximum Gasteiger partial charge on any atom is 0.223 e. The van der Waals surface area contributed by atoms with Crippen LogP contribution in [0.5, 0.6) is 0 Å². The van der Waals surface area contributed by atoms with Gasteiger partial charge in [0.15, 0.2) is 0 Å². The smallest absolute Gasteiger partial charge is 0.223 e. The minimum Gasteiger partial charge on any atom is -0.368 e. The molecule has 4 nitrogen and oxygen atoms in total. The summed E-state index contributed by atoms with van der Waals surface area (Å²) in [6.45, 7) is 2.20. The zero-order valence-electron chi connectivity index (χ0n) is 8.70. The number of aromatic nitrogens is 2. The fourth-order valence-electron chi connectivity index (χ4n) is 1.81. The number of halogens is 1. The van der Waals surface area contributed by atoms with E-state index in [4.69, 9.17) is 17.3 Å². The first kappa shape index (κ1) is 10.5. The minimum absolute atomic E-state index is 0.220. The van der Waals surface area contributed by atoms with Crippen LogP contribution in [0.25, 0.3) is 0 Å². The van der Waals surface area contributed by atoms with Crippen LogP contribution in [-0.4, -0.2) is 16.0 Å². The molecule has 0 bridgehead atoms. The van der Waals surface area contributed by atoms with Gasteiger partial charge in [0, 0.05) is 12.1 Å². The number of nitrogens with one attached hydrogen (secondary N) is 1. The number of nitrogen functional groups attached to an aromatic ring is 1. The lowest BCUT2D eigenvalue weighted by atomic mass is 10.2. The average molecular weight is 227 g/mol. The van der Waals surface area contributed by atoms with Gasteiger partial charge in [0.05, 0.1) is 0 Å². The number of hydrogen-bond acceptors (Lipinski definition) is 4. The standard InChI is InChI=1S/C10H15ClN4/c1-2-3-6-4-7(6)13-9-5-8(11)14-10(12)15-9/h5-7H,2-4H2,1H3,(H3,12,13,14,15). The molecule has 1 aromatic heterocycles. The highest BCUT2D eigenvalue weighted by atomic mass is 35.5. The Kier molecular flexibility index (Phi) is 2.95. The summed E-state index contributed by atoms with van der Waals surface area (Å²) in [7, 11) is 0. The monoisotopic (exact) mass is 226 g/mol. The summed E-state index contributed by atoms with van der Waals surface area (Å²) in [5, 5.41) is 3.70. The van der Waals surface area contributed by atoms with E-state index in [1.54, 1.807) is 6.07 Å². The summed E-state index contributed by atoms with van der Waals surface area (Å²) in [6.07, 6.45) is 3.72.